The van der Waals surface area contributed by atoms with Gasteiger partial charge in [0.15, 0.2) is 5.82 Å². The number of piperazine rings is 1. The third kappa shape index (κ3) is 3.79. The molecule has 0 radical (unpaired) electrons. The van der Waals surface area contributed by atoms with Gasteiger partial charge in [0.05, 0.1) is 0 Å². The number of rotatable bonds is 6. The lowest BCUT2D eigenvalue weighted by Gasteiger charge is -2.42. The molecule has 1 aromatic heterocycles. The Morgan fingerprint density at radius 3 is 2.85 bits per heavy atom. The molecule has 1 aliphatic rings. The lowest BCUT2D eigenvalue weighted by molar-refractivity contribution is 0.107. The van der Waals surface area contributed by atoms with Gasteiger partial charge in [-0.05, 0) is 12.3 Å². The third-order valence-electron chi connectivity index (χ3n) is 4.56. The minimum absolute atomic E-state index is 0.606. The van der Waals surface area contributed by atoms with Gasteiger partial charge in [-0.3, -0.25) is 4.90 Å². The molecular formula is C15H28N4O. The molecular weight excluding hydrogens is 252 g/mol. The fraction of sp³-hybridized carbons (Fsp3) is 0.867. The summed E-state index contributed by atoms with van der Waals surface area (Å²) in [6, 6.07) is 1.23. The normalized spacial score (nSPS) is 25.8. The Bertz CT molecular complexity index is 406. The molecule has 3 atom stereocenters. The van der Waals surface area contributed by atoms with Gasteiger partial charge >= 0.3 is 0 Å². The van der Waals surface area contributed by atoms with Gasteiger partial charge in [-0.25, -0.2) is 0 Å². The van der Waals surface area contributed by atoms with E-state index in [-0.39, 0.29) is 0 Å². The summed E-state index contributed by atoms with van der Waals surface area (Å²) >= 11 is 0. The Hall–Kier alpha value is -0.940. The number of aromatic nitrogens is 2. The highest BCUT2D eigenvalue weighted by atomic mass is 16.5. The average molecular weight is 280 g/mol. The summed E-state index contributed by atoms with van der Waals surface area (Å²) in [7, 11) is 0. The van der Waals surface area contributed by atoms with Crippen molar-refractivity contribution in [3.63, 3.8) is 0 Å². The fourth-order valence-corrected chi connectivity index (χ4v) is 2.91. The number of hydrogen-bond donors (Lipinski definition) is 1. The molecule has 1 aromatic rings. The van der Waals surface area contributed by atoms with Crippen LogP contribution in [-0.2, 0) is 6.42 Å². The highest BCUT2D eigenvalue weighted by Gasteiger charge is 2.28. The van der Waals surface area contributed by atoms with Crippen molar-refractivity contribution in [3.05, 3.63) is 11.7 Å². The van der Waals surface area contributed by atoms with Crippen molar-refractivity contribution in [1.82, 2.24) is 20.4 Å². The van der Waals surface area contributed by atoms with E-state index in [0.717, 1.165) is 37.8 Å². The molecule has 114 valence electrons. The zero-order chi connectivity index (χ0) is 14.5. The summed E-state index contributed by atoms with van der Waals surface area (Å²) in [5, 5.41) is 7.70. The van der Waals surface area contributed by atoms with Crippen molar-refractivity contribution in [2.24, 2.45) is 5.92 Å². The molecule has 5 heteroatoms. The first-order valence-corrected chi connectivity index (χ1v) is 7.90. The van der Waals surface area contributed by atoms with Crippen molar-refractivity contribution in [2.45, 2.75) is 59.0 Å². The van der Waals surface area contributed by atoms with Gasteiger partial charge in [0.2, 0.25) is 5.89 Å². The van der Waals surface area contributed by atoms with Crippen molar-refractivity contribution in [2.75, 3.05) is 19.6 Å². The Morgan fingerprint density at radius 1 is 1.45 bits per heavy atom. The molecule has 2 heterocycles. The van der Waals surface area contributed by atoms with Crippen molar-refractivity contribution in [3.8, 4) is 0 Å². The number of nitrogens with one attached hydrogen (secondary N) is 1. The Kier molecular flexibility index (Phi) is 5.54. The standard InChI is InChI=1S/C15H28N4O/c1-5-11(3)14-10-19(13(6-2)9-16-14)8-7-15-17-12(4)20-18-15/h11,13-14,16H,5-10H2,1-4H3. The number of hydrogen-bond acceptors (Lipinski definition) is 5. The van der Waals surface area contributed by atoms with E-state index < -0.39 is 0 Å². The summed E-state index contributed by atoms with van der Waals surface area (Å²) in [6.07, 6.45) is 3.29. The molecule has 1 fully saturated rings. The molecule has 0 aliphatic carbocycles. The van der Waals surface area contributed by atoms with Gasteiger partial charge in [0.25, 0.3) is 0 Å². The molecule has 0 amide bonds. The van der Waals surface area contributed by atoms with Crippen LogP contribution < -0.4 is 5.32 Å². The van der Waals surface area contributed by atoms with E-state index >= 15 is 0 Å². The van der Waals surface area contributed by atoms with Gasteiger partial charge in [0, 0.05) is 45.1 Å². The van der Waals surface area contributed by atoms with Crippen LogP contribution in [0.4, 0.5) is 0 Å². The lowest BCUT2D eigenvalue weighted by Crippen LogP contribution is -2.58. The summed E-state index contributed by atoms with van der Waals surface area (Å²) in [5.41, 5.74) is 0. The Balaban J connectivity index is 1.91. The highest BCUT2D eigenvalue weighted by molar-refractivity contribution is 4.91. The molecule has 20 heavy (non-hydrogen) atoms. The topological polar surface area (TPSA) is 54.2 Å². The van der Waals surface area contributed by atoms with Crippen LogP contribution in [0.15, 0.2) is 4.52 Å². The van der Waals surface area contributed by atoms with E-state index in [4.69, 9.17) is 4.52 Å². The van der Waals surface area contributed by atoms with Gasteiger partial charge < -0.3 is 9.84 Å². The maximum atomic E-state index is 5.04. The first kappa shape index (κ1) is 15.4. The minimum Gasteiger partial charge on any atom is -0.340 e. The number of aryl methyl sites for hydroxylation is 1. The zero-order valence-corrected chi connectivity index (χ0v) is 13.2. The van der Waals surface area contributed by atoms with Gasteiger partial charge in [-0.1, -0.05) is 32.3 Å². The monoisotopic (exact) mass is 280 g/mol. The predicted octanol–water partition coefficient (Wildman–Crippen LogP) is 2.02. The van der Waals surface area contributed by atoms with E-state index in [1.807, 2.05) is 6.92 Å². The molecule has 0 aromatic carbocycles. The molecule has 0 bridgehead atoms. The largest absolute Gasteiger partial charge is 0.340 e. The summed E-state index contributed by atoms with van der Waals surface area (Å²) in [4.78, 5) is 6.89. The summed E-state index contributed by atoms with van der Waals surface area (Å²) in [5.74, 6) is 2.21. The molecule has 1 aliphatic heterocycles. The summed E-state index contributed by atoms with van der Waals surface area (Å²) < 4.78 is 5.04. The quantitative estimate of drug-likeness (QED) is 0.864. The Morgan fingerprint density at radius 2 is 2.25 bits per heavy atom. The minimum atomic E-state index is 0.606. The smallest absolute Gasteiger partial charge is 0.223 e. The maximum absolute atomic E-state index is 5.04. The van der Waals surface area contributed by atoms with Crippen molar-refractivity contribution < 1.29 is 4.52 Å². The van der Waals surface area contributed by atoms with E-state index in [0.29, 0.717) is 18.0 Å². The van der Waals surface area contributed by atoms with Crippen molar-refractivity contribution >= 4 is 0 Å². The van der Waals surface area contributed by atoms with Crippen LogP contribution in [0.2, 0.25) is 0 Å². The van der Waals surface area contributed by atoms with E-state index in [1.165, 1.54) is 12.8 Å². The molecule has 0 spiro atoms. The van der Waals surface area contributed by atoms with E-state index in [2.05, 4.69) is 41.1 Å². The maximum Gasteiger partial charge on any atom is 0.223 e. The number of nitrogens with zero attached hydrogens (tertiary/aromatic N) is 3. The Labute approximate surface area is 122 Å². The van der Waals surface area contributed by atoms with Gasteiger partial charge in [-0.2, -0.15) is 4.98 Å². The van der Waals surface area contributed by atoms with Crippen LogP contribution in [0.25, 0.3) is 0 Å². The highest BCUT2D eigenvalue weighted by Crippen LogP contribution is 2.17. The second-order valence-electron chi connectivity index (χ2n) is 5.94. The zero-order valence-electron chi connectivity index (χ0n) is 13.2. The molecule has 0 saturated carbocycles. The van der Waals surface area contributed by atoms with Gasteiger partial charge in [0.1, 0.15) is 0 Å². The van der Waals surface area contributed by atoms with Gasteiger partial charge in [-0.15, -0.1) is 0 Å². The first-order valence-electron chi connectivity index (χ1n) is 7.90. The fourth-order valence-electron chi connectivity index (χ4n) is 2.91. The van der Waals surface area contributed by atoms with E-state index in [9.17, 15) is 0 Å². The van der Waals surface area contributed by atoms with Crippen LogP contribution >= 0.6 is 0 Å². The van der Waals surface area contributed by atoms with Crippen LogP contribution in [0.1, 0.15) is 45.3 Å². The molecule has 1 N–H and O–H groups in total. The molecule has 1 saturated heterocycles. The SMILES string of the molecule is CCC(C)C1CN(CCc2noc(C)n2)C(CC)CN1. The third-order valence-corrected chi connectivity index (χ3v) is 4.56. The molecule has 2 rings (SSSR count). The van der Waals surface area contributed by atoms with Crippen LogP contribution in [0.3, 0.4) is 0 Å². The molecule has 5 nitrogen and oxygen atoms in total. The van der Waals surface area contributed by atoms with Crippen LogP contribution in [0, 0.1) is 12.8 Å². The second kappa shape index (κ2) is 7.18. The first-order chi connectivity index (χ1) is 9.63. The molecule has 3 unspecified atom stereocenters. The average Bonchev–Trinajstić information content (AvgIpc) is 2.89. The van der Waals surface area contributed by atoms with E-state index in [1.54, 1.807) is 0 Å². The lowest BCUT2D eigenvalue weighted by atomic mass is 9.94. The van der Waals surface area contributed by atoms with Crippen LogP contribution in [0.5, 0.6) is 0 Å². The summed E-state index contributed by atoms with van der Waals surface area (Å²) in [6.45, 7) is 12.0. The second-order valence-corrected chi connectivity index (χ2v) is 5.94. The predicted molar refractivity (Wildman–Crippen MR) is 79.6 cm³/mol. The van der Waals surface area contributed by atoms with Crippen molar-refractivity contribution in [1.29, 1.82) is 0 Å². The van der Waals surface area contributed by atoms with Crippen LogP contribution in [-0.4, -0.2) is 46.8 Å².